The van der Waals surface area contributed by atoms with Gasteiger partial charge in [0.2, 0.25) is 0 Å². The van der Waals surface area contributed by atoms with Gasteiger partial charge in [-0.1, -0.05) is 23.8 Å². The Kier molecular flexibility index (Phi) is 2.84. The Hall–Kier alpha value is -1.19. The van der Waals surface area contributed by atoms with E-state index in [0.717, 1.165) is 10.4 Å². The van der Waals surface area contributed by atoms with Crippen LogP contribution in [-0.4, -0.2) is 5.11 Å². The quantitative estimate of drug-likeness (QED) is 0.826. The molecule has 0 aliphatic heterocycles. The number of thiophene rings is 1. The smallest absolute Gasteiger partial charge is 0.129 e. The average Bonchev–Trinajstić information content (AvgIpc) is 2.74. The number of hydrogen-bond donors (Lipinski definition) is 1. The lowest BCUT2D eigenvalue weighted by atomic mass is 10.0. The van der Waals surface area contributed by atoms with Crippen LogP contribution in [0.5, 0.6) is 0 Å². The molecule has 2 rings (SSSR count). The van der Waals surface area contributed by atoms with Crippen molar-refractivity contribution in [1.29, 1.82) is 0 Å². The zero-order chi connectivity index (χ0) is 10.8. The van der Waals surface area contributed by atoms with Gasteiger partial charge in [0.05, 0.1) is 0 Å². The molecule has 1 heterocycles. The number of rotatable bonds is 2. The maximum Gasteiger partial charge on any atom is 0.129 e. The van der Waals surface area contributed by atoms with E-state index in [2.05, 4.69) is 0 Å². The average molecular weight is 222 g/mol. The molecule has 3 heteroatoms. The first-order valence-electron chi connectivity index (χ1n) is 4.66. The Balaban J connectivity index is 2.41. The van der Waals surface area contributed by atoms with Gasteiger partial charge < -0.3 is 5.11 Å². The summed E-state index contributed by atoms with van der Waals surface area (Å²) in [6.45, 7) is 1.88. The predicted octanol–water partition coefficient (Wildman–Crippen LogP) is 3.28. The van der Waals surface area contributed by atoms with Gasteiger partial charge >= 0.3 is 0 Å². The fraction of sp³-hybridized carbons (Fsp3) is 0.167. The number of aliphatic hydroxyl groups is 1. The van der Waals surface area contributed by atoms with Gasteiger partial charge in [0.25, 0.3) is 0 Å². The lowest BCUT2D eigenvalue weighted by Gasteiger charge is -2.10. The van der Waals surface area contributed by atoms with E-state index in [-0.39, 0.29) is 5.82 Å². The molecule has 0 spiro atoms. The number of halogens is 1. The zero-order valence-corrected chi connectivity index (χ0v) is 9.09. The minimum atomic E-state index is -0.857. The predicted molar refractivity (Wildman–Crippen MR) is 59.5 cm³/mol. The molecule has 0 aliphatic rings. The van der Waals surface area contributed by atoms with Gasteiger partial charge in [-0.3, -0.25) is 0 Å². The molecule has 0 fully saturated rings. The summed E-state index contributed by atoms with van der Waals surface area (Å²) < 4.78 is 13.5. The molecule has 1 atom stereocenters. The number of benzene rings is 1. The van der Waals surface area contributed by atoms with E-state index >= 15 is 0 Å². The van der Waals surface area contributed by atoms with Crippen molar-refractivity contribution in [2.45, 2.75) is 13.0 Å². The fourth-order valence-corrected chi connectivity index (χ4v) is 2.20. The molecule has 0 bridgehead atoms. The van der Waals surface area contributed by atoms with Crippen LogP contribution >= 0.6 is 11.3 Å². The highest BCUT2D eigenvalue weighted by molar-refractivity contribution is 7.10. The van der Waals surface area contributed by atoms with Crippen LogP contribution in [-0.2, 0) is 0 Å². The molecule has 2 aromatic rings. The van der Waals surface area contributed by atoms with Crippen molar-refractivity contribution < 1.29 is 9.50 Å². The second-order valence-corrected chi connectivity index (χ2v) is 4.42. The highest BCUT2D eigenvalue weighted by Gasteiger charge is 2.15. The Morgan fingerprint density at radius 3 is 2.80 bits per heavy atom. The number of hydrogen-bond acceptors (Lipinski definition) is 2. The molecule has 1 N–H and O–H groups in total. The fourth-order valence-electron chi connectivity index (χ4n) is 1.47. The molecule has 78 valence electrons. The topological polar surface area (TPSA) is 20.2 Å². The molecule has 1 aromatic heterocycles. The van der Waals surface area contributed by atoms with Gasteiger partial charge in [0.1, 0.15) is 11.9 Å². The molecule has 0 radical (unpaired) electrons. The van der Waals surface area contributed by atoms with Crippen LogP contribution in [0, 0.1) is 12.7 Å². The van der Waals surface area contributed by atoms with Crippen LogP contribution in [0.3, 0.4) is 0 Å². The Labute approximate surface area is 91.8 Å². The van der Waals surface area contributed by atoms with Crippen LogP contribution in [0.2, 0.25) is 0 Å². The maximum absolute atomic E-state index is 13.5. The van der Waals surface area contributed by atoms with Crippen LogP contribution in [0.1, 0.15) is 22.1 Å². The summed E-state index contributed by atoms with van der Waals surface area (Å²) in [5.74, 6) is -0.360. The van der Waals surface area contributed by atoms with Gasteiger partial charge in [0, 0.05) is 10.4 Å². The molecule has 0 amide bonds. The standard InChI is InChI=1S/C12H11FOS/c1-8-4-5-10(13)9(7-8)12(14)11-3-2-6-15-11/h2-7,12,14H,1H3. The molecule has 15 heavy (non-hydrogen) atoms. The normalized spacial score (nSPS) is 12.7. The van der Waals surface area contributed by atoms with E-state index in [9.17, 15) is 9.50 Å². The second-order valence-electron chi connectivity index (χ2n) is 3.44. The molecular formula is C12H11FOS. The van der Waals surface area contributed by atoms with Crippen LogP contribution < -0.4 is 0 Å². The Morgan fingerprint density at radius 1 is 1.33 bits per heavy atom. The second kappa shape index (κ2) is 4.13. The molecule has 0 aliphatic carbocycles. The zero-order valence-electron chi connectivity index (χ0n) is 8.27. The molecule has 1 nitrogen and oxygen atoms in total. The third-order valence-corrected chi connectivity index (χ3v) is 3.18. The van der Waals surface area contributed by atoms with Crippen LogP contribution in [0.25, 0.3) is 0 Å². The summed E-state index contributed by atoms with van der Waals surface area (Å²) in [6.07, 6.45) is -0.857. The summed E-state index contributed by atoms with van der Waals surface area (Å²) in [5.41, 5.74) is 1.29. The monoisotopic (exact) mass is 222 g/mol. The van der Waals surface area contributed by atoms with Crippen molar-refractivity contribution in [3.8, 4) is 0 Å². The first-order valence-corrected chi connectivity index (χ1v) is 5.54. The molecule has 0 saturated heterocycles. The maximum atomic E-state index is 13.5. The van der Waals surface area contributed by atoms with Gasteiger partial charge in [-0.25, -0.2) is 4.39 Å². The van der Waals surface area contributed by atoms with Crippen molar-refractivity contribution in [3.63, 3.8) is 0 Å². The van der Waals surface area contributed by atoms with Gasteiger partial charge in [-0.15, -0.1) is 11.3 Å². The lowest BCUT2D eigenvalue weighted by Crippen LogP contribution is -2.00. The number of aryl methyl sites for hydroxylation is 1. The minimum absolute atomic E-state index is 0.345. The van der Waals surface area contributed by atoms with E-state index in [4.69, 9.17) is 0 Å². The summed E-state index contributed by atoms with van der Waals surface area (Å²) >= 11 is 1.42. The third kappa shape index (κ3) is 2.08. The molecular weight excluding hydrogens is 211 g/mol. The van der Waals surface area contributed by atoms with Gasteiger partial charge in [-0.05, 0) is 24.4 Å². The summed E-state index contributed by atoms with van der Waals surface area (Å²) in [5, 5.41) is 11.8. The molecule has 0 saturated carbocycles. The third-order valence-electron chi connectivity index (χ3n) is 2.26. The van der Waals surface area contributed by atoms with Gasteiger partial charge in [0.15, 0.2) is 0 Å². The lowest BCUT2D eigenvalue weighted by molar-refractivity contribution is 0.218. The van der Waals surface area contributed by atoms with E-state index < -0.39 is 6.10 Å². The van der Waals surface area contributed by atoms with Gasteiger partial charge in [-0.2, -0.15) is 0 Å². The highest BCUT2D eigenvalue weighted by Crippen LogP contribution is 2.28. The van der Waals surface area contributed by atoms with E-state index in [1.165, 1.54) is 17.4 Å². The summed E-state index contributed by atoms with van der Waals surface area (Å²) in [6, 6.07) is 8.41. The van der Waals surface area contributed by atoms with Crippen molar-refractivity contribution in [3.05, 3.63) is 57.5 Å². The van der Waals surface area contributed by atoms with Crippen LogP contribution in [0.4, 0.5) is 4.39 Å². The SMILES string of the molecule is Cc1ccc(F)c(C(O)c2cccs2)c1. The Bertz CT molecular complexity index is 451. The van der Waals surface area contributed by atoms with Crippen molar-refractivity contribution in [1.82, 2.24) is 0 Å². The van der Waals surface area contributed by atoms with E-state index in [1.807, 2.05) is 18.4 Å². The largest absolute Gasteiger partial charge is 0.383 e. The van der Waals surface area contributed by atoms with E-state index in [1.54, 1.807) is 18.2 Å². The van der Waals surface area contributed by atoms with Crippen molar-refractivity contribution >= 4 is 11.3 Å². The first-order chi connectivity index (χ1) is 7.18. The van der Waals surface area contributed by atoms with Crippen LogP contribution in [0.15, 0.2) is 35.7 Å². The molecule has 1 aromatic carbocycles. The summed E-state index contributed by atoms with van der Waals surface area (Å²) in [7, 11) is 0. The minimum Gasteiger partial charge on any atom is -0.383 e. The highest BCUT2D eigenvalue weighted by atomic mass is 32.1. The van der Waals surface area contributed by atoms with E-state index in [0.29, 0.717) is 5.56 Å². The molecule has 1 unspecified atom stereocenters. The first kappa shape index (κ1) is 10.3. The number of aliphatic hydroxyl groups excluding tert-OH is 1. The Morgan fingerprint density at radius 2 is 2.13 bits per heavy atom. The van der Waals surface area contributed by atoms with Crippen molar-refractivity contribution in [2.24, 2.45) is 0 Å². The van der Waals surface area contributed by atoms with Crippen molar-refractivity contribution in [2.75, 3.05) is 0 Å². The summed E-state index contributed by atoms with van der Waals surface area (Å²) in [4.78, 5) is 0.763.